The summed E-state index contributed by atoms with van der Waals surface area (Å²) in [5, 5.41) is 9.53. The van der Waals surface area contributed by atoms with E-state index in [0.717, 1.165) is 5.56 Å². The van der Waals surface area contributed by atoms with Crippen molar-refractivity contribution in [1.82, 2.24) is 0 Å². The van der Waals surface area contributed by atoms with Gasteiger partial charge < -0.3 is 9.84 Å². The van der Waals surface area contributed by atoms with E-state index in [-0.39, 0.29) is 12.4 Å². The predicted octanol–water partition coefficient (Wildman–Crippen LogP) is 4.44. The molecule has 2 rings (SSSR count). The fourth-order valence-electron chi connectivity index (χ4n) is 2.00. The number of hydrogen-bond donors (Lipinski definition) is 1. The van der Waals surface area contributed by atoms with Gasteiger partial charge in [-0.25, -0.2) is 4.39 Å². The largest absolute Gasteiger partial charge is 0.489 e. The van der Waals surface area contributed by atoms with E-state index in [2.05, 4.69) is 15.9 Å². The molecule has 1 N–H and O–H groups in total. The van der Waals surface area contributed by atoms with Crippen LogP contribution in [0.25, 0.3) is 0 Å². The minimum Gasteiger partial charge on any atom is -0.489 e. The second-order valence-electron chi connectivity index (χ2n) is 5.58. The third-order valence-corrected chi connectivity index (χ3v) is 3.99. The number of aliphatic hydroxyl groups is 1. The second-order valence-corrected chi connectivity index (χ2v) is 6.43. The lowest BCUT2D eigenvalue weighted by molar-refractivity contribution is 0.210. The van der Waals surface area contributed by atoms with Crippen LogP contribution >= 0.6 is 15.9 Å². The molecule has 0 saturated carbocycles. The van der Waals surface area contributed by atoms with Crippen LogP contribution in [0.1, 0.15) is 25.0 Å². The quantitative estimate of drug-likeness (QED) is 0.861. The highest BCUT2D eigenvalue weighted by atomic mass is 79.9. The Morgan fingerprint density at radius 1 is 1.19 bits per heavy atom. The van der Waals surface area contributed by atoms with Crippen LogP contribution in [-0.4, -0.2) is 11.7 Å². The Hall–Kier alpha value is -1.39. The highest BCUT2D eigenvalue weighted by molar-refractivity contribution is 9.10. The minimum atomic E-state index is -0.576. The molecule has 0 atom stereocenters. The van der Waals surface area contributed by atoms with Gasteiger partial charge in [0.1, 0.15) is 18.2 Å². The number of hydrogen-bond acceptors (Lipinski definition) is 2. The van der Waals surface area contributed by atoms with Crippen molar-refractivity contribution >= 4 is 15.9 Å². The first-order valence-electron chi connectivity index (χ1n) is 6.71. The zero-order valence-corrected chi connectivity index (χ0v) is 13.7. The maximum absolute atomic E-state index is 13.8. The maximum atomic E-state index is 13.8. The van der Waals surface area contributed by atoms with Crippen LogP contribution in [0.4, 0.5) is 4.39 Å². The Balaban J connectivity index is 2.31. The third-order valence-electron chi connectivity index (χ3n) is 3.38. The lowest BCUT2D eigenvalue weighted by Crippen LogP contribution is -2.23. The van der Waals surface area contributed by atoms with Crippen molar-refractivity contribution in [1.29, 1.82) is 0 Å². The van der Waals surface area contributed by atoms with Gasteiger partial charge in [-0.2, -0.15) is 0 Å². The SMILES string of the molecule is CC(C)(CO)c1cc(F)c(Br)cc1OCc1ccccc1. The van der Waals surface area contributed by atoms with Crippen molar-refractivity contribution < 1.29 is 14.2 Å². The van der Waals surface area contributed by atoms with Gasteiger partial charge in [-0.15, -0.1) is 0 Å². The molecule has 0 bridgehead atoms. The zero-order chi connectivity index (χ0) is 15.5. The number of benzene rings is 2. The summed E-state index contributed by atoms with van der Waals surface area (Å²) < 4.78 is 20.0. The van der Waals surface area contributed by atoms with Gasteiger partial charge in [-0.05, 0) is 33.6 Å². The Bertz CT molecular complexity index is 612. The summed E-state index contributed by atoms with van der Waals surface area (Å²) in [6.45, 7) is 4.01. The molecule has 4 heteroatoms. The average molecular weight is 353 g/mol. The van der Waals surface area contributed by atoms with Gasteiger partial charge in [0.2, 0.25) is 0 Å². The van der Waals surface area contributed by atoms with Crippen LogP contribution in [0.15, 0.2) is 46.9 Å². The maximum Gasteiger partial charge on any atom is 0.137 e. The second kappa shape index (κ2) is 6.58. The normalized spacial score (nSPS) is 11.5. The van der Waals surface area contributed by atoms with E-state index in [1.807, 2.05) is 44.2 Å². The first kappa shape index (κ1) is 16.0. The van der Waals surface area contributed by atoms with E-state index in [1.165, 1.54) is 6.07 Å². The van der Waals surface area contributed by atoms with Crippen LogP contribution < -0.4 is 4.74 Å². The molecule has 0 aliphatic heterocycles. The van der Waals surface area contributed by atoms with Gasteiger partial charge in [0.05, 0.1) is 11.1 Å². The molecule has 0 unspecified atom stereocenters. The first-order chi connectivity index (χ1) is 9.94. The Labute approximate surface area is 132 Å². The fraction of sp³-hybridized carbons (Fsp3) is 0.294. The summed E-state index contributed by atoms with van der Waals surface area (Å²) >= 11 is 3.18. The summed E-state index contributed by atoms with van der Waals surface area (Å²) in [4.78, 5) is 0. The van der Waals surface area contributed by atoms with Crippen molar-refractivity contribution in [3.05, 3.63) is 63.9 Å². The Morgan fingerprint density at radius 2 is 1.86 bits per heavy atom. The summed E-state index contributed by atoms with van der Waals surface area (Å²) in [6, 6.07) is 12.8. The zero-order valence-electron chi connectivity index (χ0n) is 12.1. The van der Waals surface area contributed by atoms with E-state index < -0.39 is 5.41 Å². The molecule has 0 radical (unpaired) electrons. The highest BCUT2D eigenvalue weighted by Gasteiger charge is 2.25. The standard InChI is InChI=1S/C17H18BrFO2/c1-17(2,11-20)13-8-15(19)14(18)9-16(13)21-10-12-6-4-3-5-7-12/h3-9,20H,10-11H2,1-2H3. The molecular formula is C17H18BrFO2. The van der Waals surface area contributed by atoms with Crippen molar-refractivity contribution in [3.63, 3.8) is 0 Å². The Morgan fingerprint density at radius 3 is 2.48 bits per heavy atom. The molecular weight excluding hydrogens is 335 g/mol. The molecule has 0 fully saturated rings. The molecule has 0 heterocycles. The van der Waals surface area contributed by atoms with E-state index in [1.54, 1.807) is 6.07 Å². The number of halogens is 2. The van der Waals surface area contributed by atoms with Gasteiger partial charge in [-0.3, -0.25) is 0 Å². The lowest BCUT2D eigenvalue weighted by atomic mass is 9.85. The van der Waals surface area contributed by atoms with Crippen LogP contribution in [0.2, 0.25) is 0 Å². The van der Waals surface area contributed by atoms with Crippen LogP contribution in [0.5, 0.6) is 5.75 Å². The van der Waals surface area contributed by atoms with Crippen molar-refractivity contribution in [2.75, 3.05) is 6.61 Å². The van der Waals surface area contributed by atoms with Gasteiger partial charge in [0.15, 0.2) is 0 Å². The highest BCUT2D eigenvalue weighted by Crippen LogP contribution is 2.35. The molecule has 2 nitrogen and oxygen atoms in total. The summed E-state index contributed by atoms with van der Waals surface area (Å²) in [5.41, 5.74) is 1.11. The monoisotopic (exact) mass is 352 g/mol. The van der Waals surface area contributed by atoms with E-state index in [0.29, 0.717) is 22.4 Å². The van der Waals surface area contributed by atoms with Gasteiger partial charge in [-0.1, -0.05) is 44.2 Å². The molecule has 0 aliphatic carbocycles. The van der Waals surface area contributed by atoms with Crippen LogP contribution in [0, 0.1) is 5.82 Å². The van der Waals surface area contributed by atoms with Crippen molar-refractivity contribution in [3.8, 4) is 5.75 Å². The summed E-state index contributed by atoms with van der Waals surface area (Å²) in [5.74, 6) is 0.213. The fourth-order valence-corrected chi connectivity index (χ4v) is 2.32. The molecule has 2 aromatic carbocycles. The average Bonchev–Trinajstić information content (AvgIpc) is 2.49. The topological polar surface area (TPSA) is 29.5 Å². The molecule has 2 aromatic rings. The van der Waals surface area contributed by atoms with Gasteiger partial charge >= 0.3 is 0 Å². The Kier molecular flexibility index (Phi) is 5.01. The van der Waals surface area contributed by atoms with Gasteiger partial charge in [0, 0.05) is 11.0 Å². The van der Waals surface area contributed by atoms with Crippen LogP contribution in [0.3, 0.4) is 0 Å². The van der Waals surface area contributed by atoms with E-state index in [4.69, 9.17) is 4.74 Å². The molecule has 0 spiro atoms. The molecule has 0 amide bonds. The molecule has 21 heavy (non-hydrogen) atoms. The smallest absolute Gasteiger partial charge is 0.137 e. The lowest BCUT2D eigenvalue weighted by Gasteiger charge is -2.25. The van der Waals surface area contributed by atoms with E-state index in [9.17, 15) is 9.50 Å². The predicted molar refractivity (Wildman–Crippen MR) is 85.0 cm³/mol. The summed E-state index contributed by atoms with van der Waals surface area (Å²) in [7, 11) is 0. The molecule has 0 aromatic heterocycles. The minimum absolute atomic E-state index is 0.0875. The van der Waals surface area contributed by atoms with E-state index >= 15 is 0 Å². The number of ether oxygens (including phenoxy) is 1. The summed E-state index contributed by atoms with van der Waals surface area (Å²) in [6.07, 6.45) is 0. The number of aliphatic hydroxyl groups excluding tert-OH is 1. The number of rotatable bonds is 5. The van der Waals surface area contributed by atoms with Crippen molar-refractivity contribution in [2.24, 2.45) is 0 Å². The molecule has 0 aliphatic rings. The van der Waals surface area contributed by atoms with Crippen molar-refractivity contribution in [2.45, 2.75) is 25.9 Å². The first-order valence-corrected chi connectivity index (χ1v) is 7.50. The molecule has 0 saturated heterocycles. The van der Waals surface area contributed by atoms with Gasteiger partial charge in [0.25, 0.3) is 0 Å². The third kappa shape index (κ3) is 3.83. The van der Waals surface area contributed by atoms with Crippen LogP contribution in [-0.2, 0) is 12.0 Å². The molecule has 112 valence electrons.